The third-order valence-electron chi connectivity index (χ3n) is 2.16. The molecule has 1 aromatic heterocycles. The second-order valence-electron chi connectivity index (χ2n) is 3.44. The van der Waals surface area contributed by atoms with Crippen LogP contribution in [-0.4, -0.2) is 9.97 Å². The van der Waals surface area contributed by atoms with E-state index in [1.54, 1.807) is 6.07 Å². The molecule has 96 valence electrons. The lowest BCUT2D eigenvalue weighted by atomic mass is 10.2. The van der Waals surface area contributed by atoms with Gasteiger partial charge in [0.15, 0.2) is 5.75 Å². The highest BCUT2D eigenvalue weighted by molar-refractivity contribution is 14.1. The van der Waals surface area contributed by atoms with Crippen LogP contribution in [0, 0.1) is 14.9 Å². The monoisotopic (exact) mass is 432 g/mol. The lowest BCUT2D eigenvalue weighted by Gasteiger charge is -2.10. The first-order valence-electron chi connectivity index (χ1n) is 4.93. The fourth-order valence-electron chi connectivity index (χ4n) is 1.32. The van der Waals surface area contributed by atoms with Gasteiger partial charge in [0.25, 0.3) is 5.56 Å². The van der Waals surface area contributed by atoms with E-state index in [9.17, 15) is 4.79 Å². The number of hydrogen-bond acceptors (Lipinski definition) is 5. The van der Waals surface area contributed by atoms with Gasteiger partial charge in [0.1, 0.15) is 4.47 Å². The van der Waals surface area contributed by atoms with Crippen LogP contribution in [0.1, 0.15) is 5.56 Å². The highest BCUT2D eigenvalue weighted by Gasteiger charge is 2.13. The van der Waals surface area contributed by atoms with Crippen LogP contribution in [0.3, 0.4) is 0 Å². The number of hydrogen-bond donors (Lipinski definition) is 2. The van der Waals surface area contributed by atoms with Crippen LogP contribution in [-0.2, 0) is 0 Å². The number of aromatic amines is 1. The Morgan fingerprint density at radius 1 is 1.53 bits per heavy atom. The van der Waals surface area contributed by atoms with Gasteiger partial charge in [-0.15, -0.1) is 0 Å². The van der Waals surface area contributed by atoms with Crippen molar-refractivity contribution in [1.82, 2.24) is 9.97 Å². The average molecular weight is 433 g/mol. The zero-order valence-corrected chi connectivity index (χ0v) is 13.0. The number of anilines is 1. The molecule has 0 aliphatic heterocycles. The predicted molar refractivity (Wildman–Crippen MR) is 80.9 cm³/mol. The Balaban J connectivity index is 2.48. The summed E-state index contributed by atoms with van der Waals surface area (Å²) in [5, 5.41) is 8.83. The number of nitrogens with two attached hydrogens (primary N) is 1. The molecule has 1 heterocycles. The molecule has 0 bridgehead atoms. The zero-order valence-electron chi connectivity index (χ0n) is 9.28. The van der Waals surface area contributed by atoms with Crippen LogP contribution in [0.15, 0.2) is 27.7 Å². The number of nitriles is 1. The summed E-state index contributed by atoms with van der Waals surface area (Å²) in [6.07, 6.45) is 1.23. The summed E-state index contributed by atoms with van der Waals surface area (Å²) in [4.78, 5) is 17.7. The molecule has 0 atom stereocenters. The van der Waals surface area contributed by atoms with E-state index in [4.69, 9.17) is 15.7 Å². The van der Waals surface area contributed by atoms with E-state index in [0.717, 1.165) is 0 Å². The van der Waals surface area contributed by atoms with Gasteiger partial charge in [-0.3, -0.25) is 4.79 Å². The number of nitrogens with zero attached hydrogens (tertiary/aromatic N) is 2. The summed E-state index contributed by atoms with van der Waals surface area (Å²) >= 11 is 5.09. The van der Waals surface area contributed by atoms with Crippen molar-refractivity contribution in [2.45, 2.75) is 0 Å². The van der Waals surface area contributed by atoms with Gasteiger partial charge in [0.2, 0.25) is 5.88 Å². The maximum atomic E-state index is 11.4. The number of rotatable bonds is 2. The van der Waals surface area contributed by atoms with Crippen LogP contribution in [0.2, 0.25) is 0 Å². The largest absolute Gasteiger partial charge is 0.434 e. The predicted octanol–water partition coefficient (Wildman–Crippen LogP) is 2.38. The van der Waals surface area contributed by atoms with Crippen LogP contribution in [0.5, 0.6) is 11.6 Å². The van der Waals surface area contributed by atoms with Crippen molar-refractivity contribution in [1.29, 1.82) is 5.26 Å². The van der Waals surface area contributed by atoms with Crippen LogP contribution < -0.4 is 16.0 Å². The van der Waals surface area contributed by atoms with Gasteiger partial charge in [-0.25, -0.2) is 4.98 Å². The molecular weight excluding hydrogens is 427 g/mol. The molecule has 8 heteroatoms. The van der Waals surface area contributed by atoms with Crippen LogP contribution in [0.25, 0.3) is 0 Å². The summed E-state index contributed by atoms with van der Waals surface area (Å²) < 4.78 is 6.36. The van der Waals surface area contributed by atoms with Crippen LogP contribution >= 0.6 is 38.5 Å². The standard InChI is InChI=1S/C11H6BrIN4O2/c12-8-10(18)16-4-17-11(8)19-9-6(13)1-5(3-14)2-7(9)15/h1-2,4H,15H2,(H,16,17,18). The second kappa shape index (κ2) is 5.58. The minimum absolute atomic E-state index is 0.109. The molecule has 2 rings (SSSR count). The normalized spacial score (nSPS) is 9.95. The second-order valence-corrected chi connectivity index (χ2v) is 5.40. The van der Waals surface area contributed by atoms with Crippen LogP contribution in [0.4, 0.5) is 5.69 Å². The van der Waals surface area contributed by atoms with Gasteiger partial charge >= 0.3 is 0 Å². The Labute approximate surface area is 129 Å². The van der Waals surface area contributed by atoms with Crippen molar-refractivity contribution in [3.63, 3.8) is 0 Å². The van der Waals surface area contributed by atoms with E-state index in [2.05, 4.69) is 25.9 Å². The number of nitrogens with one attached hydrogen (secondary N) is 1. The first kappa shape index (κ1) is 13.8. The van der Waals surface area contributed by atoms with E-state index >= 15 is 0 Å². The minimum atomic E-state index is -0.354. The summed E-state index contributed by atoms with van der Waals surface area (Å²) in [6.45, 7) is 0. The SMILES string of the molecule is N#Cc1cc(N)c(Oc2nc[nH]c(=O)c2Br)c(I)c1. The van der Waals surface area contributed by atoms with E-state index in [1.165, 1.54) is 12.4 Å². The molecule has 0 spiro atoms. The van der Waals surface area contributed by atoms with Gasteiger partial charge in [0, 0.05) is 0 Å². The molecule has 0 radical (unpaired) electrons. The van der Waals surface area contributed by atoms with Gasteiger partial charge in [-0.05, 0) is 50.7 Å². The Morgan fingerprint density at radius 2 is 2.26 bits per heavy atom. The number of H-pyrrole nitrogens is 1. The molecule has 3 N–H and O–H groups in total. The van der Waals surface area contributed by atoms with Crippen molar-refractivity contribution in [2.24, 2.45) is 0 Å². The first-order chi connectivity index (χ1) is 9.02. The molecule has 0 saturated heterocycles. The molecule has 0 saturated carbocycles. The molecule has 0 unspecified atom stereocenters. The fraction of sp³-hybridized carbons (Fsp3) is 0. The smallest absolute Gasteiger partial charge is 0.268 e. The molecule has 1 aromatic carbocycles. The molecule has 2 aromatic rings. The quantitative estimate of drug-likeness (QED) is 0.560. The molecule has 19 heavy (non-hydrogen) atoms. The molecule has 0 aliphatic rings. The van der Waals surface area contributed by atoms with Crippen molar-refractivity contribution < 1.29 is 4.74 Å². The van der Waals surface area contributed by atoms with Crippen molar-refractivity contribution in [2.75, 3.05) is 5.73 Å². The van der Waals surface area contributed by atoms with Gasteiger partial charge in [-0.2, -0.15) is 5.26 Å². The molecular formula is C11H6BrIN4O2. The number of aromatic nitrogens is 2. The number of benzene rings is 1. The Morgan fingerprint density at radius 3 is 2.89 bits per heavy atom. The van der Waals surface area contributed by atoms with Gasteiger partial charge in [-0.1, -0.05) is 0 Å². The maximum Gasteiger partial charge on any atom is 0.268 e. The first-order valence-corrected chi connectivity index (χ1v) is 6.80. The highest BCUT2D eigenvalue weighted by atomic mass is 127. The topological polar surface area (TPSA) is 105 Å². The fourth-order valence-corrected chi connectivity index (χ4v) is 2.38. The minimum Gasteiger partial charge on any atom is -0.434 e. The molecule has 6 nitrogen and oxygen atoms in total. The van der Waals surface area contributed by atoms with Crippen molar-refractivity contribution >= 4 is 44.2 Å². The van der Waals surface area contributed by atoms with E-state index in [-0.39, 0.29) is 15.9 Å². The third-order valence-corrected chi connectivity index (χ3v) is 3.67. The summed E-state index contributed by atoms with van der Waals surface area (Å²) in [6, 6.07) is 5.13. The zero-order chi connectivity index (χ0) is 14.0. The molecule has 0 aliphatic carbocycles. The Hall–Kier alpha value is -1.60. The van der Waals surface area contributed by atoms with Crippen molar-refractivity contribution in [3.05, 3.63) is 42.4 Å². The summed E-state index contributed by atoms with van der Waals surface area (Å²) in [7, 11) is 0. The number of halogens is 2. The Bertz CT molecular complexity index is 715. The van der Waals surface area contributed by atoms with Crippen molar-refractivity contribution in [3.8, 4) is 17.7 Å². The van der Waals surface area contributed by atoms with E-state index < -0.39 is 0 Å². The van der Waals surface area contributed by atoms with E-state index in [1.807, 2.05) is 28.7 Å². The average Bonchev–Trinajstić information content (AvgIpc) is 2.38. The lowest BCUT2D eigenvalue weighted by molar-refractivity contribution is 0.456. The number of nitrogen functional groups attached to an aromatic ring is 1. The molecule has 0 fully saturated rings. The highest BCUT2D eigenvalue weighted by Crippen LogP contribution is 2.34. The Kier molecular flexibility index (Phi) is 4.06. The van der Waals surface area contributed by atoms with E-state index in [0.29, 0.717) is 20.6 Å². The number of ether oxygens (including phenoxy) is 1. The summed E-state index contributed by atoms with van der Waals surface area (Å²) in [5.74, 6) is 0.469. The summed E-state index contributed by atoms with van der Waals surface area (Å²) in [5.41, 5.74) is 6.21. The van der Waals surface area contributed by atoms with Gasteiger partial charge in [0.05, 0.1) is 27.2 Å². The third kappa shape index (κ3) is 2.87. The van der Waals surface area contributed by atoms with Gasteiger partial charge < -0.3 is 15.5 Å². The lowest BCUT2D eigenvalue weighted by Crippen LogP contribution is -2.09. The molecule has 0 amide bonds. The maximum absolute atomic E-state index is 11.4.